The van der Waals surface area contributed by atoms with Gasteiger partial charge in [-0.25, -0.2) is 4.98 Å². The lowest BCUT2D eigenvalue weighted by atomic mass is 10.2. The Hall–Kier alpha value is -3.45. The van der Waals surface area contributed by atoms with Gasteiger partial charge in [-0.15, -0.1) is 10.2 Å². The van der Waals surface area contributed by atoms with Crippen molar-refractivity contribution in [3.63, 3.8) is 0 Å². The van der Waals surface area contributed by atoms with Gasteiger partial charge in [0.15, 0.2) is 17.2 Å². The molecule has 9 nitrogen and oxygen atoms in total. The zero-order valence-electron chi connectivity index (χ0n) is 16.4. The Morgan fingerprint density at radius 2 is 1.88 bits per heavy atom. The first-order valence-corrected chi connectivity index (χ1v) is 10.5. The van der Waals surface area contributed by atoms with Crippen molar-refractivity contribution < 1.29 is 35.2 Å². The molecule has 0 aliphatic heterocycles. The van der Waals surface area contributed by atoms with Gasteiger partial charge in [-0.05, 0) is 18.2 Å². The van der Waals surface area contributed by atoms with Crippen molar-refractivity contribution in [2.24, 2.45) is 0 Å². The summed E-state index contributed by atoms with van der Waals surface area (Å²) in [5.74, 6) is 0.288. The Balaban J connectivity index is 1.73. The minimum Gasteiger partial charge on any atom is -0.491 e. The molecular weight excluding hydrogens is 453 g/mol. The largest absolute Gasteiger partial charge is 0.534 e. The van der Waals surface area contributed by atoms with E-state index in [0.717, 1.165) is 6.07 Å². The molecule has 4 aromatic rings. The SMILES string of the molecule is COCCOc1ccn2c(-c3ccc4cccc(OS(=O)(=O)C(F)(F)F)c4n3)nnc2c1. The van der Waals surface area contributed by atoms with Crippen molar-refractivity contribution in [2.75, 3.05) is 20.3 Å². The van der Waals surface area contributed by atoms with Crippen LogP contribution in [0.2, 0.25) is 0 Å². The Morgan fingerprint density at radius 1 is 1.06 bits per heavy atom. The number of halogens is 3. The lowest BCUT2D eigenvalue weighted by Crippen LogP contribution is -2.28. The van der Waals surface area contributed by atoms with E-state index in [9.17, 15) is 21.6 Å². The van der Waals surface area contributed by atoms with Crippen LogP contribution in [-0.4, -0.2) is 53.8 Å². The van der Waals surface area contributed by atoms with Gasteiger partial charge in [0.1, 0.15) is 23.6 Å². The molecule has 0 N–H and O–H groups in total. The van der Waals surface area contributed by atoms with Gasteiger partial charge in [-0.1, -0.05) is 18.2 Å². The molecule has 0 radical (unpaired) electrons. The highest BCUT2D eigenvalue weighted by molar-refractivity contribution is 7.88. The van der Waals surface area contributed by atoms with Gasteiger partial charge in [0.25, 0.3) is 0 Å². The summed E-state index contributed by atoms with van der Waals surface area (Å²) < 4.78 is 77.6. The van der Waals surface area contributed by atoms with Crippen LogP contribution in [0.25, 0.3) is 28.1 Å². The summed E-state index contributed by atoms with van der Waals surface area (Å²) in [5.41, 5.74) is -4.95. The van der Waals surface area contributed by atoms with Gasteiger partial charge in [-0.2, -0.15) is 21.6 Å². The van der Waals surface area contributed by atoms with Crippen molar-refractivity contribution in [3.05, 3.63) is 48.7 Å². The predicted molar refractivity (Wildman–Crippen MR) is 107 cm³/mol. The fourth-order valence-corrected chi connectivity index (χ4v) is 3.32. The highest BCUT2D eigenvalue weighted by atomic mass is 32.2. The number of benzene rings is 1. The van der Waals surface area contributed by atoms with Crippen molar-refractivity contribution in [1.82, 2.24) is 19.6 Å². The van der Waals surface area contributed by atoms with Crippen LogP contribution < -0.4 is 8.92 Å². The van der Waals surface area contributed by atoms with E-state index in [0.29, 0.717) is 35.8 Å². The number of rotatable bonds is 7. The van der Waals surface area contributed by atoms with Gasteiger partial charge in [0, 0.05) is 24.8 Å². The van der Waals surface area contributed by atoms with Gasteiger partial charge >= 0.3 is 15.6 Å². The van der Waals surface area contributed by atoms with E-state index in [4.69, 9.17) is 9.47 Å². The number of methoxy groups -OCH3 is 1. The molecule has 0 aliphatic carbocycles. The molecule has 13 heteroatoms. The Bertz CT molecular complexity index is 1390. The average molecular weight is 468 g/mol. The number of pyridine rings is 2. The zero-order valence-corrected chi connectivity index (χ0v) is 17.2. The van der Waals surface area contributed by atoms with Crippen molar-refractivity contribution in [1.29, 1.82) is 0 Å². The van der Waals surface area contributed by atoms with Crippen LogP contribution >= 0.6 is 0 Å². The maximum Gasteiger partial charge on any atom is 0.534 e. The molecule has 0 spiro atoms. The van der Waals surface area contributed by atoms with E-state index in [1.54, 1.807) is 48.0 Å². The summed E-state index contributed by atoms with van der Waals surface area (Å²) in [6.07, 6.45) is 1.65. The van der Waals surface area contributed by atoms with Crippen LogP contribution in [0.4, 0.5) is 13.2 Å². The van der Waals surface area contributed by atoms with E-state index < -0.39 is 21.4 Å². The second-order valence-electron chi connectivity index (χ2n) is 6.46. The van der Waals surface area contributed by atoms with E-state index >= 15 is 0 Å². The molecule has 168 valence electrons. The fourth-order valence-electron chi connectivity index (χ4n) is 2.86. The second kappa shape index (κ2) is 8.24. The highest BCUT2D eigenvalue weighted by Crippen LogP contribution is 2.32. The molecular formula is C19H15F3N4O5S. The molecule has 0 amide bonds. The quantitative estimate of drug-likeness (QED) is 0.231. The molecule has 0 unspecified atom stereocenters. The van der Waals surface area contributed by atoms with E-state index in [1.807, 2.05) is 0 Å². The summed E-state index contributed by atoms with van der Waals surface area (Å²) >= 11 is 0. The maximum atomic E-state index is 12.8. The number of ether oxygens (including phenoxy) is 2. The van der Waals surface area contributed by atoms with Crippen molar-refractivity contribution >= 4 is 26.7 Å². The average Bonchev–Trinajstić information content (AvgIpc) is 3.16. The Morgan fingerprint density at radius 3 is 2.62 bits per heavy atom. The van der Waals surface area contributed by atoms with Crippen LogP contribution in [0.15, 0.2) is 48.7 Å². The third-order valence-electron chi connectivity index (χ3n) is 4.33. The Labute approximate surface area is 179 Å². The molecule has 4 rings (SSSR count). The van der Waals surface area contributed by atoms with Gasteiger partial charge < -0.3 is 13.7 Å². The van der Waals surface area contributed by atoms with E-state index in [-0.39, 0.29) is 11.2 Å². The van der Waals surface area contributed by atoms with Gasteiger partial charge in [0.05, 0.1) is 6.61 Å². The smallest absolute Gasteiger partial charge is 0.491 e. The number of hydrogen-bond donors (Lipinski definition) is 0. The highest BCUT2D eigenvalue weighted by Gasteiger charge is 2.48. The monoisotopic (exact) mass is 468 g/mol. The molecule has 0 saturated heterocycles. The fraction of sp³-hybridized carbons (Fsp3) is 0.211. The summed E-state index contributed by atoms with van der Waals surface area (Å²) in [7, 11) is -4.30. The molecule has 0 aliphatic rings. The molecule has 3 aromatic heterocycles. The number of aromatic nitrogens is 4. The van der Waals surface area contributed by atoms with Crippen LogP contribution in [0.3, 0.4) is 0 Å². The Kier molecular flexibility index (Phi) is 5.60. The normalized spacial score (nSPS) is 12.4. The van der Waals surface area contributed by atoms with Crippen LogP contribution in [-0.2, 0) is 14.9 Å². The predicted octanol–water partition coefficient (Wildman–Crippen LogP) is 3.20. The molecule has 0 atom stereocenters. The molecule has 0 bridgehead atoms. The summed E-state index contributed by atoms with van der Waals surface area (Å²) in [6, 6.07) is 10.5. The standard InChI is InChI=1S/C19H15F3N4O5S/c1-29-9-10-30-13-7-8-26-16(11-13)24-25-18(26)14-6-5-12-3-2-4-15(17(12)23-14)31-32(27,28)19(20,21)22/h2-8,11H,9-10H2,1H3. The van der Waals surface area contributed by atoms with Gasteiger partial charge in [0.2, 0.25) is 0 Å². The number of alkyl halides is 3. The third kappa shape index (κ3) is 4.16. The first kappa shape index (κ1) is 21.8. The van der Waals surface area contributed by atoms with Crippen LogP contribution in [0.5, 0.6) is 11.5 Å². The van der Waals surface area contributed by atoms with Crippen molar-refractivity contribution in [3.8, 4) is 23.0 Å². The summed E-state index contributed by atoms with van der Waals surface area (Å²) in [4.78, 5) is 4.29. The van der Waals surface area contributed by atoms with E-state index in [1.165, 1.54) is 6.07 Å². The van der Waals surface area contributed by atoms with Crippen molar-refractivity contribution in [2.45, 2.75) is 5.51 Å². The topological polar surface area (TPSA) is 105 Å². The first-order valence-electron chi connectivity index (χ1n) is 9.07. The number of para-hydroxylation sites is 1. The molecule has 32 heavy (non-hydrogen) atoms. The van der Waals surface area contributed by atoms with Crippen LogP contribution in [0.1, 0.15) is 0 Å². The summed E-state index contributed by atoms with van der Waals surface area (Å²) in [5, 5.41) is 8.53. The third-order valence-corrected chi connectivity index (χ3v) is 5.30. The van der Waals surface area contributed by atoms with E-state index in [2.05, 4.69) is 19.4 Å². The lowest BCUT2D eigenvalue weighted by molar-refractivity contribution is -0.0499. The molecule has 1 aromatic carbocycles. The van der Waals surface area contributed by atoms with Gasteiger partial charge in [-0.3, -0.25) is 4.40 Å². The van der Waals surface area contributed by atoms with Crippen LogP contribution in [0, 0.1) is 0 Å². The number of nitrogens with zero attached hydrogens (tertiary/aromatic N) is 4. The molecule has 0 fully saturated rings. The molecule has 3 heterocycles. The zero-order chi connectivity index (χ0) is 22.9. The summed E-state index contributed by atoms with van der Waals surface area (Å²) in [6.45, 7) is 0.766. The molecule has 0 saturated carbocycles. The number of hydrogen-bond acceptors (Lipinski definition) is 8. The minimum absolute atomic E-state index is 0.0749. The first-order chi connectivity index (χ1) is 15.2. The number of fused-ring (bicyclic) bond motifs is 2. The minimum atomic E-state index is -5.85. The maximum absolute atomic E-state index is 12.8. The lowest BCUT2D eigenvalue weighted by Gasteiger charge is -2.11. The second-order valence-corrected chi connectivity index (χ2v) is 8.00.